The van der Waals surface area contributed by atoms with Crippen LogP contribution in [-0.4, -0.2) is 4.98 Å². The van der Waals surface area contributed by atoms with Gasteiger partial charge in [0.05, 0.1) is 11.1 Å². The summed E-state index contributed by atoms with van der Waals surface area (Å²) in [5.74, 6) is 2.59. The Labute approximate surface area is 207 Å². The predicted octanol–water partition coefficient (Wildman–Crippen LogP) is 9.66. The summed E-state index contributed by atoms with van der Waals surface area (Å²) < 4.78 is 6.87. The first kappa shape index (κ1) is 20.9. The lowest BCUT2D eigenvalue weighted by Gasteiger charge is -2.30. The minimum absolute atomic E-state index is 0.0681. The van der Waals surface area contributed by atoms with Crippen molar-refractivity contribution in [3.63, 3.8) is 0 Å². The second-order valence-corrected chi connectivity index (χ2v) is 11.5. The molecule has 7 rings (SSSR count). The molecule has 4 aromatic carbocycles. The molecule has 2 nitrogen and oxygen atoms in total. The van der Waals surface area contributed by atoms with Crippen LogP contribution in [0.4, 0.5) is 0 Å². The molecule has 1 aliphatic carbocycles. The Bertz CT molecular complexity index is 1630. The zero-order chi connectivity index (χ0) is 23.7. The number of fused-ring (bicyclic) bond motifs is 5. The summed E-state index contributed by atoms with van der Waals surface area (Å²) in [6, 6.07) is 22.5. The third-order valence-electron chi connectivity index (χ3n) is 8.15. The first-order valence-electron chi connectivity index (χ1n) is 13.1. The summed E-state index contributed by atoms with van der Waals surface area (Å²) in [4.78, 5) is 4.93. The predicted molar refractivity (Wildman–Crippen MR) is 147 cm³/mol. The number of rotatable bonds is 1. The molecule has 2 heteroatoms. The summed E-state index contributed by atoms with van der Waals surface area (Å²) in [5, 5.41) is 7.42. The Kier molecular flexibility index (Phi) is 4.52. The van der Waals surface area contributed by atoms with Crippen molar-refractivity contribution >= 4 is 32.3 Å². The van der Waals surface area contributed by atoms with Gasteiger partial charge in [0.15, 0.2) is 0 Å². The number of aromatic nitrogens is 1. The first-order valence-corrected chi connectivity index (χ1v) is 13.1. The highest BCUT2D eigenvalue weighted by Gasteiger charge is 2.31. The molecule has 1 saturated carbocycles. The highest BCUT2D eigenvalue weighted by Crippen LogP contribution is 2.53. The van der Waals surface area contributed by atoms with E-state index in [-0.39, 0.29) is 5.41 Å². The number of hydrogen-bond donors (Lipinski definition) is 0. The quantitative estimate of drug-likeness (QED) is 0.229. The minimum Gasteiger partial charge on any atom is -0.456 e. The number of pyridine rings is 1. The maximum Gasteiger partial charge on any atom is 0.141 e. The van der Waals surface area contributed by atoms with E-state index in [2.05, 4.69) is 81.4 Å². The Morgan fingerprint density at radius 3 is 2.46 bits per heavy atom. The fourth-order valence-corrected chi connectivity index (χ4v) is 6.53. The standard InChI is InChI=1S/C33H31NO/c1-33(2,3)30-25-12-8-7-11-22(25)18-27-31-29-26(15-16-34-31)24-14-13-21(20-9-5-4-6-10-20)17-23(24)19-28(29)35-32(27)30/h7-8,11-20H,4-6,9-10H2,1-3H3. The zero-order valence-corrected chi connectivity index (χ0v) is 20.8. The summed E-state index contributed by atoms with van der Waals surface area (Å²) in [6.07, 6.45) is 8.68. The van der Waals surface area contributed by atoms with Crippen molar-refractivity contribution in [1.82, 2.24) is 4.98 Å². The van der Waals surface area contributed by atoms with Gasteiger partial charge >= 0.3 is 0 Å². The molecule has 174 valence electrons. The summed E-state index contributed by atoms with van der Waals surface area (Å²) in [7, 11) is 0. The van der Waals surface area contributed by atoms with Gasteiger partial charge in [-0.05, 0) is 74.9 Å². The lowest BCUT2D eigenvalue weighted by atomic mass is 9.80. The Hall–Kier alpha value is -3.39. The van der Waals surface area contributed by atoms with Crippen LogP contribution in [0, 0.1) is 0 Å². The summed E-state index contributed by atoms with van der Waals surface area (Å²) in [5.41, 5.74) is 4.81. The smallest absolute Gasteiger partial charge is 0.141 e. The first-order chi connectivity index (χ1) is 17.0. The Balaban J connectivity index is 1.52. The van der Waals surface area contributed by atoms with Crippen molar-refractivity contribution in [3.05, 3.63) is 78.0 Å². The molecule has 2 heterocycles. The molecule has 0 saturated heterocycles. The van der Waals surface area contributed by atoms with E-state index in [1.807, 2.05) is 6.20 Å². The number of nitrogens with zero attached hydrogens (tertiary/aromatic N) is 1. The van der Waals surface area contributed by atoms with E-state index < -0.39 is 0 Å². The van der Waals surface area contributed by atoms with Crippen LogP contribution in [-0.2, 0) is 5.41 Å². The van der Waals surface area contributed by atoms with Gasteiger partial charge in [0.1, 0.15) is 11.5 Å². The Morgan fingerprint density at radius 1 is 0.800 bits per heavy atom. The van der Waals surface area contributed by atoms with Crippen LogP contribution < -0.4 is 4.74 Å². The van der Waals surface area contributed by atoms with Crippen molar-refractivity contribution in [2.75, 3.05) is 0 Å². The van der Waals surface area contributed by atoms with E-state index in [4.69, 9.17) is 9.72 Å². The summed E-state index contributed by atoms with van der Waals surface area (Å²) >= 11 is 0. The SMILES string of the molecule is CC(C)(C)c1c2c(cc3ccccc13)-c1nccc3c1c(cc1cc(C4CCCCC4)ccc13)O2. The van der Waals surface area contributed by atoms with Gasteiger partial charge in [0.2, 0.25) is 0 Å². The summed E-state index contributed by atoms with van der Waals surface area (Å²) in [6.45, 7) is 6.83. The topological polar surface area (TPSA) is 22.1 Å². The van der Waals surface area contributed by atoms with Crippen molar-refractivity contribution < 1.29 is 4.74 Å². The third-order valence-corrected chi connectivity index (χ3v) is 8.15. The van der Waals surface area contributed by atoms with E-state index >= 15 is 0 Å². The molecule has 0 spiro atoms. The van der Waals surface area contributed by atoms with Crippen molar-refractivity contribution in [2.45, 2.75) is 64.2 Å². The van der Waals surface area contributed by atoms with Gasteiger partial charge in [-0.1, -0.05) is 82.5 Å². The fourth-order valence-electron chi connectivity index (χ4n) is 6.53. The maximum atomic E-state index is 6.87. The van der Waals surface area contributed by atoms with Gasteiger partial charge in [-0.15, -0.1) is 0 Å². The van der Waals surface area contributed by atoms with E-state index in [1.54, 1.807) is 0 Å². The lowest BCUT2D eigenvalue weighted by Crippen LogP contribution is -2.15. The van der Waals surface area contributed by atoms with E-state index in [0.717, 1.165) is 28.1 Å². The molecule has 0 radical (unpaired) electrons. The van der Waals surface area contributed by atoms with E-state index in [9.17, 15) is 0 Å². The fraction of sp³-hybridized carbons (Fsp3) is 0.303. The van der Waals surface area contributed by atoms with Gasteiger partial charge in [0, 0.05) is 17.3 Å². The van der Waals surface area contributed by atoms with Crippen molar-refractivity contribution in [2.24, 2.45) is 0 Å². The molecule has 1 aliphatic heterocycles. The Morgan fingerprint density at radius 2 is 1.63 bits per heavy atom. The average molecular weight is 458 g/mol. The molecular weight excluding hydrogens is 426 g/mol. The second kappa shape index (κ2) is 7.55. The van der Waals surface area contributed by atoms with Crippen LogP contribution in [0.1, 0.15) is 69.9 Å². The molecular formula is C33H31NO. The molecule has 5 aromatic rings. The van der Waals surface area contributed by atoms with Crippen LogP contribution in [0.2, 0.25) is 0 Å². The third kappa shape index (κ3) is 3.19. The van der Waals surface area contributed by atoms with Gasteiger partial charge < -0.3 is 4.74 Å². The van der Waals surface area contributed by atoms with Crippen LogP contribution in [0.5, 0.6) is 11.5 Å². The molecule has 0 unspecified atom stereocenters. The molecule has 35 heavy (non-hydrogen) atoms. The van der Waals surface area contributed by atoms with Crippen molar-refractivity contribution in [1.29, 1.82) is 0 Å². The van der Waals surface area contributed by atoms with Crippen molar-refractivity contribution in [3.8, 4) is 22.8 Å². The number of benzene rings is 4. The van der Waals surface area contributed by atoms with Gasteiger partial charge in [-0.3, -0.25) is 4.98 Å². The molecule has 0 bridgehead atoms. The van der Waals surface area contributed by atoms with E-state index in [1.165, 1.54) is 70.2 Å². The average Bonchev–Trinajstić information content (AvgIpc) is 2.87. The minimum atomic E-state index is -0.0681. The molecule has 2 aliphatic rings. The lowest BCUT2D eigenvalue weighted by molar-refractivity contribution is 0.444. The van der Waals surface area contributed by atoms with E-state index in [0.29, 0.717) is 5.92 Å². The van der Waals surface area contributed by atoms with Gasteiger partial charge in [-0.2, -0.15) is 0 Å². The maximum absolute atomic E-state index is 6.87. The van der Waals surface area contributed by atoms with Gasteiger partial charge in [0.25, 0.3) is 0 Å². The number of hydrogen-bond acceptors (Lipinski definition) is 2. The highest BCUT2D eigenvalue weighted by atomic mass is 16.5. The molecule has 0 N–H and O–H groups in total. The van der Waals surface area contributed by atoms with Crippen LogP contribution in [0.3, 0.4) is 0 Å². The molecule has 1 aromatic heterocycles. The zero-order valence-electron chi connectivity index (χ0n) is 20.8. The molecule has 0 amide bonds. The monoisotopic (exact) mass is 457 g/mol. The van der Waals surface area contributed by atoms with Crippen LogP contribution in [0.15, 0.2) is 66.9 Å². The largest absolute Gasteiger partial charge is 0.456 e. The second-order valence-electron chi connectivity index (χ2n) is 11.5. The van der Waals surface area contributed by atoms with Crippen LogP contribution in [0.25, 0.3) is 43.6 Å². The normalized spacial score (nSPS) is 16.0. The van der Waals surface area contributed by atoms with Crippen LogP contribution >= 0.6 is 0 Å². The molecule has 1 fully saturated rings. The highest BCUT2D eigenvalue weighted by molar-refractivity contribution is 6.16. The van der Waals surface area contributed by atoms with Gasteiger partial charge in [-0.25, -0.2) is 0 Å². The molecule has 0 atom stereocenters. The number of ether oxygens (including phenoxy) is 1.